The highest BCUT2D eigenvalue weighted by Crippen LogP contribution is 2.38. The number of thiophene rings is 1. The zero-order valence-corrected chi connectivity index (χ0v) is 8.36. The van der Waals surface area contributed by atoms with Crippen molar-refractivity contribution in [1.82, 2.24) is 0 Å². The minimum absolute atomic E-state index is 0.0903. The number of rotatable bonds is 1. The average molecular weight is 193 g/mol. The van der Waals surface area contributed by atoms with Crippen molar-refractivity contribution in [2.24, 2.45) is 4.99 Å². The van der Waals surface area contributed by atoms with Gasteiger partial charge >= 0.3 is 0 Å². The lowest BCUT2D eigenvalue weighted by molar-refractivity contribution is 0.540. The standard InChI is InChI=1S/C10H11NOS/c1-7-5-13-9-4-2-3-8(10(7)9)11-6-12/h5,8H,2-4H2,1H3. The third-order valence-corrected chi connectivity index (χ3v) is 3.71. The Balaban J connectivity index is 2.45. The molecule has 1 atom stereocenters. The molecule has 0 aromatic carbocycles. The second kappa shape index (κ2) is 3.44. The van der Waals surface area contributed by atoms with E-state index in [1.165, 1.54) is 16.0 Å². The second-order valence-corrected chi connectivity index (χ2v) is 4.35. The molecule has 2 rings (SSSR count). The topological polar surface area (TPSA) is 29.4 Å². The molecule has 0 bridgehead atoms. The smallest absolute Gasteiger partial charge is 0.211 e. The van der Waals surface area contributed by atoms with Crippen LogP contribution in [0.15, 0.2) is 10.4 Å². The van der Waals surface area contributed by atoms with Crippen molar-refractivity contribution in [3.8, 4) is 0 Å². The van der Waals surface area contributed by atoms with Gasteiger partial charge < -0.3 is 0 Å². The molecule has 0 amide bonds. The van der Waals surface area contributed by atoms with Crippen LogP contribution in [-0.4, -0.2) is 6.08 Å². The molecule has 0 fully saturated rings. The summed E-state index contributed by atoms with van der Waals surface area (Å²) in [6.45, 7) is 2.09. The molecule has 13 heavy (non-hydrogen) atoms. The summed E-state index contributed by atoms with van der Waals surface area (Å²) in [5, 5.41) is 2.16. The van der Waals surface area contributed by atoms with Gasteiger partial charge in [0.15, 0.2) is 0 Å². The van der Waals surface area contributed by atoms with E-state index in [1.807, 2.05) is 0 Å². The first-order valence-corrected chi connectivity index (χ1v) is 5.34. The maximum absolute atomic E-state index is 10.2. The summed E-state index contributed by atoms with van der Waals surface area (Å²) in [4.78, 5) is 15.5. The summed E-state index contributed by atoms with van der Waals surface area (Å²) in [5.41, 5.74) is 2.57. The number of aliphatic imine (C=N–C) groups is 1. The van der Waals surface area contributed by atoms with Gasteiger partial charge in [0.25, 0.3) is 0 Å². The summed E-state index contributed by atoms with van der Waals surface area (Å²) >= 11 is 1.79. The molecular formula is C10H11NOS. The summed E-state index contributed by atoms with van der Waals surface area (Å²) in [7, 11) is 0. The maximum atomic E-state index is 10.2. The van der Waals surface area contributed by atoms with E-state index in [0.717, 1.165) is 19.3 Å². The van der Waals surface area contributed by atoms with Crippen molar-refractivity contribution in [2.75, 3.05) is 0 Å². The summed E-state index contributed by atoms with van der Waals surface area (Å²) in [5.74, 6) is 0. The molecule has 1 heterocycles. The molecule has 0 spiro atoms. The lowest BCUT2D eigenvalue weighted by atomic mass is 9.92. The number of isocyanates is 1. The van der Waals surface area contributed by atoms with E-state index in [-0.39, 0.29) is 6.04 Å². The fourth-order valence-corrected chi connectivity index (χ4v) is 3.07. The van der Waals surface area contributed by atoms with Crippen LogP contribution in [0, 0.1) is 6.92 Å². The molecule has 1 aromatic heterocycles. The van der Waals surface area contributed by atoms with Gasteiger partial charge in [-0.1, -0.05) is 0 Å². The Morgan fingerprint density at radius 1 is 1.69 bits per heavy atom. The number of fused-ring (bicyclic) bond motifs is 1. The van der Waals surface area contributed by atoms with E-state index in [9.17, 15) is 4.79 Å². The SMILES string of the molecule is Cc1csc2c1C(N=C=O)CCC2. The lowest BCUT2D eigenvalue weighted by Crippen LogP contribution is -2.05. The van der Waals surface area contributed by atoms with Gasteiger partial charge in [-0.3, -0.25) is 0 Å². The van der Waals surface area contributed by atoms with E-state index in [0.29, 0.717) is 0 Å². The van der Waals surface area contributed by atoms with Crippen LogP contribution in [0.25, 0.3) is 0 Å². The Kier molecular flexibility index (Phi) is 2.30. The molecule has 0 N–H and O–H groups in total. The molecule has 1 aromatic rings. The molecular weight excluding hydrogens is 182 g/mol. The molecule has 3 heteroatoms. The van der Waals surface area contributed by atoms with Crippen molar-refractivity contribution >= 4 is 17.4 Å². The number of hydrogen-bond acceptors (Lipinski definition) is 3. The third kappa shape index (κ3) is 1.45. The van der Waals surface area contributed by atoms with Crippen LogP contribution >= 0.6 is 11.3 Å². The summed E-state index contributed by atoms with van der Waals surface area (Å²) in [6, 6.07) is 0.0903. The van der Waals surface area contributed by atoms with Crippen LogP contribution in [0.3, 0.4) is 0 Å². The normalized spacial score (nSPS) is 20.5. The predicted octanol–water partition coefficient (Wildman–Crippen LogP) is 2.77. The van der Waals surface area contributed by atoms with E-state index >= 15 is 0 Å². The van der Waals surface area contributed by atoms with Gasteiger partial charge in [0.2, 0.25) is 6.08 Å². The Morgan fingerprint density at radius 2 is 2.54 bits per heavy atom. The van der Waals surface area contributed by atoms with Gasteiger partial charge in [-0.2, -0.15) is 4.99 Å². The molecule has 1 aliphatic rings. The molecule has 1 aliphatic carbocycles. The minimum atomic E-state index is 0.0903. The molecule has 2 nitrogen and oxygen atoms in total. The van der Waals surface area contributed by atoms with Gasteiger partial charge in [0.1, 0.15) is 0 Å². The molecule has 1 unspecified atom stereocenters. The summed E-state index contributed by atoms with van der Waals surface area (Å²) < 4.78 is 0. The van der Waals surface area contributed by atoms with Crippen LogP contribution in [0.1, 0.15) is 34.9 Å². The molecule has 68 valence electrons. The molecule has 0 saturated heterocycles. The van der Waals surface area contributed by atoms with Crippen molar-refractivity contribution < 1.29 is 4.79 Å². The third-order valence-electron chi connectivity index (χ3n) is 2.53. The quantitative estimate of drug-likeness (QED) is 0.498. The maximum Gasteiger partial charge on any atom is 0.235 e. The monoisotopic (exact) mass is 193 g/mol. The van der Waals surface area contributed by atoms with Crippen LogP contribution < -0.4 is 0 Å². The fraction of sp³-hybridized carbons (Fsp3) is 0.500. The van der Waals surface area contributed by atoms with Crippen molar-refractivity contribution in [2.45, 2.75) is 32.2 Å². The second-order valence-electron chi connectivity index (χ2n) is 3.38. The first-order chi connectivity index (χ1) is 6.33. The van der Waals surface area contributed by atoms with E-state index in [1.54, 1.807) is 17.4 Å². The van der Waals surface area contributed by atoms with Gasteiger partial charge in [-0.05, 0) is 42.7 Å². The average Bonchev–Trinajstić information content (AvgIpc) is 2.50. The largest absolute Gasteiger partial charge is 0.235 e. The number of carbonyl (C=O) groups excluding carboxylic acids is 1. The van der Waals surface area contributed by atoms with Gasteiger partial charge in [-0.15, -0.1) is 11.3 Å². The minimum Gasteiger partial charge on any atom is -0.211 e. The number of nitrogens with zero attached hydrogens (tertiary/aromatic N) is 1. The van der Waals surface area contributed by atoms with Crippen molar-refractivity contribution in [1.29, 1.82) is 0 Å². The molecule has 0 radical (unpaired) electrons. The van der Waals surface area contributed by atoms with Crippen LogP contribution in [0.5, 0.6) is 0 Å². The highest BCUT2D eigenvalue weighted by Gasteiger charge is 2.22. The molecule has 0 aliphatic heterocycles. The van der Waals surface area contributed by atoms with Crippen molar-refractivity contribution in [3.63, 3.8) is 0 Å². The van der Waals surface area contributed by atoms with E-state index in [4.69, 9.17) is 0 Å². The Bertz CT molecular complexity index is 363. The van der Waals surface area contributed by atoms with Gasteiger partial charge in [0, 0.05) is 4.88 Å². The molecule has 0 saturated carbocycles. The van der Waals surface area contributed by atoms with E-state index in [2.05, 4.69) is 17.3 Å². The fourth-order valence-electron chi connectivity index (χ4n) is 1.94. The zero-order valence-electron chi connectivity index (χ0n) is 7.54. The highest BCUT2D eigenvalue weighted by atomic mass is 32.1. The zero-order chi connectivity index (χ0) is 9.26. The Hall–Kier alpha value is -0.920. The Labute approximate surface area is 81.3 Å². The van der Waals surface area contributed by atoms with Gasteiger partial charge in [0.05, 0.1) is 6.04 Å². The van der Waals surface area contributed by atoms with Gasteiger partial charge in [-0.25, -0.2) is 4.79 Å². The lowest BCUT2D eigenvalue weighted by Gasteiger charge is -2.18. The van der Waals surface area contributed by atoms with Crippen LogP contribution in [0.4, 0.5) is 0 Å². The van der Waals surface area contributed by atoms with Crippen LogP contribution in [-0.2, 0) is 11.2 Å². The predicted molar refractivity (Wildman–Crippen MR) is 52.9 cm³/mol. The Morgan fingerprint density at radius 3 is 3.31 bits per heavy atom. The number of aryl methyl sites for hydroxylation is 2. The van der Waals surface area contributed by atoms with Crippen LogP contribution in [0.2, 0.25) is 0 Å². The summed E-state index contributed by atoms with van der Waals surface area (Å²) in [6.07, 6.45) is 4.97. The first-order valence-electron chi connectivity index (χ1n) is 4.46. The highest BCUT2D eigenvalue weighted by molar-refractivity contribution is 7.10. The first kappa shape index (κ1) is 8.67. The van der Waals surface area contributed by atoms with E-state index < -0.39 is 0 Å². The number of hydrogen-bond donors (Lipinski definition) is 0. The van der Waals surface area contributed by atoms with Crippen molar-refractivity contribution in [3.05, 3.63) is 21.4 Å².